The highest BCUT2D eigenvalue weighted by atomic mass is 35.5. The molecule has 0 radical (unpaired) electrons. The summed E-state index contributed by atoms with van der Waals surface area (Å²) in [5.74, 6) is 3.14. The van der Waals surface area contributed by atoms with Crippen LogP contribution in [0.5, 0.6) is 11.5 Å². The zero-order valence-electron chi connectivity index (χ0n) is 18.1. The van der Waals surface area contributed by atoms with Crippen LogP contribution in [0.3, 0.4) is 0 Å². The molecule has 0 heterocycles. The Morgan fingerprint density at radius 3 is 1.28 bits per heavy atom. The molecule has 0 fully saturated rings. The van der Waals surface area contributed by atoms with Gasteiger partial charge in [-0.05, 0) is 88.8 Å². The first-order chi connectivity index (χ1) is 13.7. The van der Waals surface area contributed by atoms with Gasteiger partial charge in [-0.25, -0.2) is 0 Å². The molecule has 160 valence electrons. The molecule has 2 rings (SSSR count). The van der Waals surface area contributed by atoms with Crippen molar-refractivity contribution in [3.05, 3.63) is 59.7 Å². The second kappa shape index (κ2) is 11.1. The standard InChI is InChI=1S/C25H34Cl2O2/c1-24(2,28-22-13-9-20(10-14-22)7-5-17-26)19-25(3,4)29-23-15-11-21(12-16-23)8-6-18-27/h9-16H,5-8,17-19H2,1-4H3. The Balaban J connectivity index is 1.93. The van der Waals surface area contributed by atoms with E-state index in [2.05, 4.69) is 52.0 Å². The highest BCUT2D eigenvalue weighted by Gasteiger charge is 2.32. The number of hydrogen-bond donors (Lipinski definition) is 0. The average molecular weight is 437 g/mol. The molecule has 0 spiro atoms. The third-order valence-electron chi connectivity index (χ3n) is 4.68. The molecule has 29 heavy (non-hydrogen) atoms. The third-order valence-corrected chi connectivity index (χ3v) is 5.22. The Kier molecular flexibility index (Phi) is 9.17. The van der Waals surface area contributed by atoms with Gasteiger partial charge in [0, 0.05) is 18.2 Å². The van der Waals surface area contributed by atoms with Gasteiger partial charge in [-0.15, -0.1) is 23.2 Å². The highest BCUT2D eigenvalue weighted by Crippen LogP contribution is 2.30. The van der Waals surface area contributed by atoms with E-state index < -0.39 is 0 Å². The molecule has 0 aromatic heterocycles. The maximum Gasteiger partial charge on any atom is 0.120 e. The summed E-state index contributed by atoms with van der Waals surface area (Å²) in [7, 11) is 0. The predicted molar refractivity (Wildman–Crippen MR) is 125 cm³/mol. The molecule has 0 bridgehead atoms. The molecule has 2 aromatic carbocycles. The molecule has 0 unspecified atom stereocenters. The number of rotatable bonds is 12. The Morgan fingerprint density at radius 2 is 0.966 bits per heavy atom. The average Bonchev–Trinajstić information content (AvgIpc) is 2.65. The van der Waals surface area contributed by atoms with Crippen molar-refractivity contribution in [1.82, 2.24) is 0 Å². The minimum absolute atomic E-state index is 0.360. The van der Waals surface area contributed by atoms with Gasteiger partial charge in [-0.2, -0.15) is 0 Å². The Labute approximate surface area is 186 Å². The van der Waals surface area contributed by atoms with Gasteiger partial charge in [-0.3, -0.25) is 0 Å². The summed E-state index contributed by atoms with van der Waals surface area (Å²) in [6.07, 6.45) is 4.73. The van der Waals surface area contributed by atoms with E-state index in [4.69, 9.17) is 32.7 Å². The molecule has 0 atom stereocenters. The number of ether oxygens (including phenoxy) is 2. The molecule has 2 nitrogen and oxygen atoms in total. The Bertz CT molecular complexity index is 658. The maximum atomic E-state index is 6.28. The van der Waals surface area contributed by atoms with Crippen LogP contribution in [-0.2, 0) is 12.8 Å². The molecular formula is C25H34Cl2O2. The minimum atomic E-state index is -0.360. The fourth-order valence-electron chi connectivity index (χ4n) is 3.73. The van der Waals surface area contributed by atoms with Gasteiger partial charge in [0.2, 0.25) is 0 Å². The monoisotopic (exact) mass is 436 g/mol. The molecule has 0 aliphatic carbocycles. The van der Waals surface area contributed by atoms with E-state index in [0.29, 0.717) is 11.8 Å². The van der Waals surface area contributed by atoms with Crippen LogP contribution in [0.1, 0.15) is 58.1 Å². The lowest BCUT2D eigenvalue weighted by molar-refractivity contribution is 0.00503. The van der Waals surface area contributed by atoms with Crippen molar-refractivity contribution in [2.45, 2.75) is 71.0 Å². The predicted octanol–water partition coefficient (Wildman–Crippen LogP) is 7.43. The van der Waals surface area contributed by atoms with Gasteiger partial charge in [0.25, 0.3) is 0 Å². The van der Waals surface area contributed by atoms with Crippen LogP contribution < -0.4 is 9.47 Å². The maximum absolute atomic E-state index is 6.28. The van der Waals surface area contributed by atoms with Crippen molar-refractivity contribution in [2.75, 3.05) is 11.8 Å². The van der Waals surface area contributed by atoms with E-state index >= 15 is 0 Å². The van der Waals surface area contributed by atoms with E-state index in [1.807, 2.05) is 24.3 Å². The van der Waals surface area contributed by atoms with Crippen molar-refractivity contribution >= 4 is 23.2 Å². The van der Waals surface area contributed by atoms with Crippen molar-refractivity contribution in [3.63, 3.8) is 0 Å². The third kappa shape index (κ3) is 8.88. The largest absolute Gasteiger partial charge is 0.488 e. The summed E-state index contributed by atoms with van der Waals surface area (Å²) >= 11 is 11.6. The Hall–Kier alpha value is -1.38. The number of benzene rings is 2. The SMILES string of the molecule is CC(C)(CC(C)(C)Oc1ccc(CCCCl)cc1)Oc1ccc(CCCCl)cc1. The first kappa shape index (κ1) is 23.9. The molecule has 0 aliphatic heterocycles. The molecule has 0 amide bonds. The van der Waals surface area contributed by atoms with E-state index in [9.17, 15) is 0 Å². The van der Waals surface area contributed by atoms with E-state index in [0.717, 1.165) is 43.6 Å². The number of hydrogen-bond acceptors (Lipinski definition) is 2. The van der Waals surface area contributed by atoms with Crippen LogP contribution in [0.25, 0.3) is 0 Å². The van der Waals surface area contributed by atoms with Crippen LogP contribution >= 0.6 is 23.2 Å². The van der Waals surface area contributed by atoms with Crippen molar-refractivity contribution < 1.29 is 9.47 Å². The fourth-order valence-corrected chi connectivity index (χ4v) is 3.99. The zero-order valence-corrected chi connectivity index (χ0v) is 19.7. The topological polar surface area (TPSA) is 18.5 Å². The van der Waals surface area contributed by atoms with Crippen molar-refractivity contribution in [1.29, 1.82) is 0 Å². The summed E-state index contributed by atoms with van der Waals surface area (Å²) < 4.78 is 12.6. The van der Waals surface area contributed by atoms with Gasteiger partial charge in [-0.1, -0.05) is 24.3 Å². The molecule has 2 aromatic rings. The molecule has 0 aliphatic rings. The van der Waals surface area contributed by atoms with Gasteiger partial charge in [0.1, 0.15) is 22.7 Å². The first-order valence-corrected chi connectivity index (χ1v) is 11.5. The fraction of sp³-hybridized carbons (Fsp3) is 0.520. The summed E-state index contributed by atoms with van der Waals surface area (Å²) in [5.41, 5.74) is 1.85. The van der Waals surface area contributed by atoms with Gasteiger partial charge in [0.15, 0.2) is 0 Å². The van der Waals surface area contributed by atoms with Gasteiger partial charge >= 0.3 is 0 Å². The summed E-state index contributed by atoms with van der Waals surface area (Å²) in [5, 5.41) is 0. The van der Waals surface area contributed by atoms with E-state index in [-0.39, 0.29) is 11.2 Å². The molecule has 4 heteroatoms. The van der Waals surface area contributed by atoms with Crippen LogP contribution in [0.4, 0.5) is 0 Å². The lowest BCUT2D eigenvalue weighted by Gasteiger charge is -2.35. The smallest absolute Gasteiger partial charge is 0.120 e. The minimum Gasteiger partial charge on any atom is -0.488 e. The molecule has 0 N–H and O–H groups in total. The van der Waals surface area contributed by atoms with Crippen molar-refractivity contribution in [2.24, 2.45) is 0 Å². The van der Waals surface area contributed by atoms with Crippen LogP contribution in [0.15, 0.2) is 48.5 Å². The second-order valence-corrected chi connectivity index (χ2v) is 9.53. The van der Waals surface area contributed by atoms with Crippen LogP contribution in [0, 0.1) is 0 Å². The van der Waals surface area contributed by atoms with E-state index in [1.54, 1.807) is 0 Å². The lowest BCUT2D eigenvalue weighted by Crippen LogP contribution is -2.41. The Morgan fingerprint density at radius 1 is 0.621 bits per heavy atom. The highest BCUT2D eigenvalue weighted by molar-refractivity contribution is 6.18. The lowest BCUT2D eigenvalue weighted by atomic mass is 9.92. The zero-order chi connectivity index (χ0) is 21.3. The summed E-state index contributed by atoms with van der Waals surface area (Å²) in [6, 6.07) is 16.6. The van der Waals surface area contributed by atoms with Gasteiger partial charge < -0.3 is 9.47 Å². The quantitative estimate of drug-likeness (QED) is 0.321. The molecule has 0 saturated carbocycles. The first-order valence-electron chi connectivity index (χ1n) is 10.4. The number of aryl methyl sites for hydroxylation is 2. The molecular weight excluding hydrogens is 403 g/mol. The van der Waals surface area contributed by atoms with Crippen LogP contribution in [0.2, 0.25) is 0 Å². The van der Waals surface area contributed by atoms with Gasteiger partial charge in [0.05, 0.1) is 0 Å². The number of alkyl halides is 2. The normalized spacial score (nSPS) is 12.1. The van der Waals surface area contributed by atoms with Crippen LogP contribution in [-0.4, -0.2) is 23.0 Å². The van der Waals surface area contributed by atoms with E-state index in [1.165, 1.54) is 11.1 Å². The summed E-state index contributed by atoms with van der Waals surface area (Å²) in [6.45, 7) is 8.42. The van der Waals surface area contributed by atoms with Crippen molar-refractivity contribution in [3.8, 4) is 11.5 Å². The molecule has 0 saturated heterocycles. The summed E-state index contributed by atoms with van der Waals surface area (Å²) in [4.78, 5) is 0. The second-order valence-electron chi connectivity index (χ2n) is 8.77. The number of halogens is 2.